The summed E-state index contributed by atoms with van der Waals surface area (Å²) in [5.74, 6) is 0. The van der Waals surface area contributed by atoms with Gasteiger partial charge >= 0.3 is 0 Å². The van der Waals surface area contributed by atoms with Crippen molar-refractivity contribution < 1.29 is 0 Å². The molecule has 4 heterocycles. The number of aromatic nitrogens is 4. The summed E-state index contributed by atoms with van der Waals surface area (Å²) < 4.78 is 7.21. The van der Waals surface area contributed by atoms with Crippen LogP contribution in [0.15, 0.2) is 219 Å². The number of rotatable bonds is 6. The first kappa shape index (κ1) is 33.2. The summed E-state index contributed by atoms with van der Waals surface area (Å²) in [6.07, 6.45) is 2.19. The topological polar surface area (TPSA) is 27.7 Å². The quantitative estimate of drug-likeness (QED) is 0.166. The molecular formula is C55H36N4. The van der Waals surface area contributed by atoms with Crippen LogP contribution in [0.25, 0.3) is 105 Å². The molecule has 0 saturated carbocycles. The second kappa shape index (κ2) is 13.3. The van der Waals surface area contributed by atoms with Crippen LogP contribution in [-0.4, -0.2) is 18.7 Å². The highest BCUT2D eigenvalue weighted by atomic mass is 15.0. The second-order valence-corrected chi connectivity index (χ2v) is 15.2. The van der Waals surface area contributed by atoms with E-state index < -0.39 is 0 Å². The molecule has 0 atom stereocenters. The zero-order valence-electron chi connectivity index (χ0n) is 32.1. The van der Waals surface area contributed by atoms with E-state index in [1.807, 2.05) is 0 Å². The number of hydrogen-bond donors (Lipinski definition) is 0. The van der Waals surface area contributed by atoms with Crippen molar-refractivity contribution in [3.8, 4) is 50.7 Å². The average molecular weight is 753 g/mol. The highest BCUT2D eigenvalue weighted by Gasteiger charge is 2.22. The van der Waals surface area contributed by atoms with Gasteiger partial charge in [0.05, 0.1) is 39.0 Å². The lowest BCUT2D eigenvalue weighted by molar-refractivity contribution is 1.12. The number of hydrogen-bond acceptors (Lipinski definition) is 1. The molecular weight excluding hydrogens is 717 g/mol. The van der Waals surface area contributed by atoms with Gasteiger partial charge in [0.25, 0.3) is 0 Å². The van der Waals surface area contributed by atoms with Crippen molar-refractivity contribution in [1.29, 1.82) is 0 Å². The molecule has 0 bridgehead atoms. The van der Waals surface area contributed by atoms with Crippen LogP contribution in [0.2, 0.25) is 0 Å². The van der Waals surface area contributed by atoms with E-state index in [1.54, 1.807) is 0 Å². The van der Waals surface area contributed by atoms with Crippen LogP contribution >= 0.6 is 0 Å². The maximum Gasteiger partial charge on any atom is 0.0716 e. The van der Waals surface area contributed by atoms with Crippen LogP contribution in [0, 0.1) is 0 Å². The van der Waals surface area contributed by atoms with E-state index in [-0.39, 0.29) is 0 Å². The highest BCUT2D eigenvalue weighted by molar-refractivity contribution is 6.27. The predicted octanol–water partition coefficient (Wildman–Crippen LogP) is 14.2. The van der Waals surface area contributed by atoms with Crippen molar-refractivity contribution in [1.82, 2.24) is 18.7 Å². The van der Waals surface area contributed by atoms with E-state index in [4.69, 9.17) is 4.98 Å². The van der Waals surface area contributed by atoms with Crippen LogP contribution in [0.1, 0.15) is 0 Å². The monoisotopic (exact) mass is 752 g/mol. The molecule has 0 aliphatic carbocycles. The molecule has 0 fully saturated rings. The van der Waals surface area contributed by atoms with Gasteiger partial charge in [-0.15, -0.1) is 0 Å². The molecule has 0 radical (unpaired) electrons. The Kier molecular flexibility index (Phi) is 7.50. The Hall–Kier alpha value is -7.95. The number of pyridine rings is 1. The SMILES string of the molecule is c1ccc(-c2cc(-c3ccccc3)nc(-c3cccc(-n4c5ccccc5c5ccc6c(c7cc8ccn(-c9ccccc9)c8cc7n6-c6ccccc6)c54)c3)c2)cc1. The average Bonchev–Trinajstić information content (AvgIpc) is 3.99. The Bertz CT molecular complexity index is 3460. The van der Waals surface area contributed by atoms with Crippen LogP contribution in [0.4, 0.5) is 0 Å². The van der Waals surface area contributed by atoms with Gasteiger partial charge in [0.15, 0.2) is 0 Å². The minimum absolute atomic E-state index is 0.934. The molecule has 0 N–H and O–H groups in total. The Balaban J connectivity index is 1.14. The third-order valence-electron chi connectivity index (χ3n) is 11.8. The van der Waals surface area contributed by atoms with Gasteiger partial charge in [-0.25, -0.2) is 4.98 Å². The zero-order chi connectivity index (χ0) is 38.9. The maximum absolute atomic E-state index is 5.31. The minimum atomic E-state index is 0.934. The lowest BCUT2D eigenvalue weighted by atomic mass is 10.00. The van der Waals surface area contributed by atoms with E-state index in [0.717, 1.165) is 50.7 Å². The van der Waals surface area contributed by atoms with Crippen LogP contribution in [0.5, 0.6) is 0 Å². The number of para-hydroxylation sites is 3. The summed E-state index contributed by atoms with van der Waals surface area (Å²) in [4.78, 5) is 5.31. The predicted molar refractivity (Wildman–Crippen MR) is 246 cm³/mol. The fourth-order valence-corrected chi connectivity index (χ4v) is 9.16. The van der Waals surface area contributed by atoms with Gasteiger partial charge in [0, 0.05) is 61.3 Å². The Morgan fingerprint density at radius 1 is 0.322 bits per heavy atom. The summed E-state index contributed by atoms with van der Waals surface area (Å²) in [7, 11) is 0. The molecule has 0 saturated heterocycles. The van der Waals surface area contributed by atoms with Gasteiger partial charge in [0.1, 0.15) is 0 Å². The largest absolute Gasteiger partial charge is 0.316 e. The summed E-state index contributed by atoms with van der Waals surface area (Å²) in [6, 6.07) is 76.3. The van der Waals surface area contributed by atoms with Crippen molar-refractivity contribution in [2.45, 2.75) is 0 Å². The molecule has 0 aliphatic rings. The van der Waals surface area contributed by atoms with Crippen LogP contribution in [0.3, 0.4) is 0 Å². The molecule has 0 amide bonds. The van der Waals surface area contributed by atoms with E-state index in [0.29, 0.717) is 0 Å². The molecule has 4 heteroatoms. The molecule has 8 aromatic carbocycles. The smallest absolute Gasteiger partial charge is 0.0716 e. The molecule has 0 spiro atoms. The molecule has 0 unspecified atom stereocenters. The van der Waals surface area contributed by atoms with Gasteiger partial charge < -0.3 is 13.7 Å². The minimum Gasteiger partial charge on any atom is -0.316 e. The second-order valence-electron chi connectivity index (χ2n) is 15.2. The Morgan fingerprint density at radius 2 is 0.949 bits per heavy atom. The normalized spacial score (nSPS) is 11.7. The van der Waals surface area contributed by atoms with Crippen LogP contribution in [-0.2, 0) is 0 Å². The van der Waals surface area contributed by atoms with E-state index in [9.17, 15) is 0 Å². The first-order valence-corrected chi connectivity index (χ1v) is 20.1. The molecule has 4 nitrogen and oxygen atoms in total. The van der Waals surface area contributed by atoms with Gasteiger partial charge in [-0.2, -0.15) is 0 Å². The number of nitrogens with zero attached hydrogens (tertiary/aromatic N) is 4. The molecule has 59 heavy (non-hydrogen) atoms. The van der Waals surface area contributed by atoms with Gasteiger partial charge in [-0.05, 0) is 90.0 Å². The first-order chi connectivity index (χ1) is 29.3. The van der Waals surface area contributed by atoms with Crippen molar-refractivity contribution >= 4 is 54.5 Å². The van der Waals surface area contributed by atoms with Gasteiger partial charge in [-0.3, -0.25) is 0 Å². The van der Waals surface area contributed by atoms with Crippen molar-refractivity contribution in [2.75, 3.05) is 0 Å². The summed E-state index contributed by atoms with van der Waals surface area (Å²) >= 11 is 0. The lowest BCUT2D eigenvalue weighted by Crippen LogP contribution is -1.97. The molecule has 0 aliphatic heterocycles. The highest BCUT2D eigenvalue weighted by Crippen LogP contribution is 2.44. The van der Waals surface area contributed by atoms with Gasteiger partial charge in [-0.1, -0.05) is 133 Å². The first-order valence-electron chi connectivity index (χ1n) is 20.1. The Morgan fingerprint density at radius 3 is 1.71 bits per heavy atom. The van der Waals surface area contributed by atoms with Gasteiger partial charge in [0.2, 0.25) is 0 Å². The zero-order valence-corrected chi connectivity index (χ0v) is 32.1. The van der Waals surface area contributed by atoms with E-state index in [1.165, 1.54) is 54.5 Å². The number of benzene rings is 8. The third kappa shape index (κ3) is 5.34. The fraction of sp³-hybridized carbons (Fsp3) is 0. The summed E-state index contributed by atoms with van der Waals surface area (Å²) in [5, 5.41) is 6.10. The van der Waals surface area contributed by atoms with Crippen LogP contribution < -0.4 is 0 Å². The van der Waals surface area contributed by atoms with Crippen molar-refractivity contribution in [3.63, 3.8) is 0 Å². The van der Waals surface area contributed by atoms with E-state index in [2.05, 4.69) is 232 Å². The summed E-state index contributed by atoms with van der Waals surface area (Å²) in [5.41, 5.74) is 15.6. The maximum atomic E-state index is 5.31. The number of fused-ring (bicyclic) bond motifs is 8. The van der Waals surface area contributed by atoms with Crippen molar-refractivity contribution in [2.24, 2.45) is 0 Å². The third-order valence-corrected chi connectivity index (χ3v) is 11.8. The molecule has 276 valence electrons. The molecule has 12 rings (SSSR count). The summed E-state index contributed by atoms with van der Waals surface area (Å²) in [6.45, 7) is 0. The van der Waals surface area contributed by atoms with Crippen molar-refractivity contribution in [3.05, 3.63) is 219 Å². The molecule has 12 aromatic rings. The fourth-order valence-electron chi connectivity index (χ4n) is 9.16. The lowest BCUT2D eigenvalue weighted by Gasteiger charge is -2.13. The van der Waals surface area contributed by atoms with E-state index >= 15 is 0 Å². The Labute approximate surface area is 341 Å². The molecule has 4 aromatic heterocycles. The standard InChI is InChI=1S/C55H36N4/c1-5-16-37(17-6-1)41-34-48(38-18-7-2-8-19-38)56-49(35-41)39-20-15-25-44(32-39)59-50-27-14-13-26-45(50)46-28-29-51-54(55(46)59)47-33-40-30-31-57(42-21-9-3-10-22-42)52(40)36-53(47)58(51)43-23-11-4-12-24-43/h1-36H.